The van der Waals surface area contributed by atoms with E-state index in [0.29, 0.717) is 51.9 Å². The number of carbonyl (C=O) groups excluding carboxylic acids is 3. The molecule has 4 aromatic rings. The number of ether oxygens (including phenoxy) is 2. The van der Waals surface area contributed by atoms with Crippen LogP contribution in [-0.4, -0.2) is 78.8 Å². The van der Waals surface area contributed by atoms with Crippen LogP contribution in [0.15, 0.2) is 72.9 Å². The zero-order valence-electron chi connectivity index (χ0n) is 32.1. The van der Waals surface area contributed by atoms with Crippen molar-refractivity contribution in [2.45, 2.75) is 88.9 Å². The Hall–Kier alpha value is -4.85. The summed E-state index contributed by atoms with van der Waals surface area (Å²) in [5.41, 5.74) is 3.57. The Bertz CT molecular complexity index is 2100. The first-order valence-electron chi connectivity index (χ1n) is 19.5. The van der Waals surface area contributed by atoms with Gasteiger partial charge in [0.05, 0.1) is 39.2 Å². The summed E-state index contributed by atoms with van der Waals surface area (Å²) in [4.78, 5) is 46.7. The maximum Gasteiger partial charge on any atom is 0.264 e. The quantitative estimate of drug-likeness (QED) is 0.201. The van der Waals surface area contributed by atoms with Gasteiger partial charge in [-0.25, -0.2) is 0 Å². The Morgan fingerprint density at radius 1 is 0.945 bits per heavy atom. The summed E-state index contributed by atoms with van der Waals surface area (Å²) >= 11 is 0. The van der Waals surface area contributed by atoms with E-state index in [9.17, 15) is 14.7 Å². The van der Waals surface area contributed by atoms with Gasteiger partial charge in [-0.2, -0.15) is 0 Å². The molecule has 288 valence electrons. The number of carbonyl (C=O) groups is 3. The molecule has 12 nitrogen and oxygen atoms in total. The summed E-state index contributed by atoms with van der Waals surface area (Å²) in [6.07, 6.45) is 5.27. The summed E-state index contributed by atoms with van der Waals surface area (Å²) in [5, 5.41) is 19.3. The molecule has 1 spiro atoms. The van der Waals surface area contributed by atoms with Crippen LogP contribution in [0.1, 0.15) is 55.8 Å². The maximum atomic E-state index is 15.5. The molecule has 3 amide bonds. The van der Waals surface area contributed by atoms with Crippen LogP contribution in [-0.2, 0) is 44.2 Å². The second-order valence-corrected chi connectivity index (χ2v) is 20.6. The van der Waals surface area contributed by atoms with E-state index in [1.165, 1.54) is 5.19 Å². The highest BCUT2D eigenvalue weighted by Crippen LogP contribution is 2.60. The zero-order chi connectivity index (χ0) is 38.5. The highest BCUT2D eigenvalue weighted by atomic mass is 28.3. The number of nitrogens with zero attached hydrogens (tertiary/aromatic N) is 6. The first kappa shape index (κ1) is 37.1. The van der Waals surface area contributed by atoms with Crippen LogP contribution < -0.4 is 24.6 Å². The fourth-order valence-corrected chi connectivity index (χ4v) is 13.7. The average molecular weight is 763 g/mol. The molecule has 13 heteroatoms. The number of fused-ring (bicyclic) bond motifs is 2. The van der Waals surface area contributed by atoms with Crippen LogP contribution >= 0.6 is 0 Å². The van der Waals surface area contributed by atoms with Crippen molar-refractivity contribution < 1.29 is 29.0 Å². The predicted molar refractivity (Wildman–Crippen MR) is 212 cm³/mol. The molecule has 1 N–H and O–H groups in total. The van der Waals surface area contributed by atoms with E-state index >= 15 is 4.79 Å². The third-order valence-corrected chi connectivity index (χ3v) is 16.8. The SMILES string of the molecule is COc1ccc([Si](C)(C)[C@H]2[C@H](CCn3cc(CCO)nn3)O[C@@]3(C(=O)N(Cc4cccc(N5CCCC5=O)c4)c4ccc(N5CCCC5=O)cc43)[C@@H]2C)cc1. The first-order chi connectivity index (χ1) is 26.5. The fourth-order valence-electron chi connectivity index (χ4n) is 9.68. The topological polar surface area (TPSA) is 130 Å². The van der Waals surface area contributed by atoms with Crippen molar-refractivity contribution in [2.24, 2.45) is 5.92 Å². The lowest BCUT2D eigenvalue weighted by molar-refractivity contribution is -0.146. The van der Waals surface area contributed by atoms with Gasteiger partial charge in [0.2, 0.25) is 11.8 Å². The molecule has 0 saturated carbocycles. The highest BCUT2D eigenvalue weighted by Gasteiger charge is 2.66. The normalized spacial score (nSPS) is 23.8. The van der Waals surface area contributed by atoms with E-state index in [-0.39, 0.29) is 41.9 Å². The smallest absolute Gasteiger partial charge is 0.264 e. The Balaban J connectivity index is 1.21. The van der Waals surface area contributed by atoms with E-state index in [4.69, 9.17) is 9.47 Å². The number of aryl methyl sites for hydroxylation is 1. The van der Waals surface area contributed by atoms with E-state index < -0.39 is 13.7 Å². The van der Waals surface area contributed by atoms with Crippen LogP contribution in [0, 0.1) is 5.92 Å². The van der Waals surface area contributed by atoms with Gasteiger partial charge in [-0.05, 0) is 72.8 Å². The number of hydrogen-bond acceptors (Lipinski definition) is 8. The number of methoxy groups -OCH3 is 1. The summed E-state index contributed by atoms with van der Waals surface area (Å²) in [7, 11) is -0.737. The van der Waals surface area contributed by atoms with Gasteiger partial charge in [0, 0.05) is 74.6 Å². The standard InChI is InChI=1S/C42H50N6O6Si/c1-28-40(55(3,4)34-15-13-33(53-2)14-16-34)37(18-22-45-27-30(19-23-49)43-44-45)54-42(28)35-25-32(47-21-7-11-39(47)51)12-17-36(35)48(41(42)52)26-29-8-5-9-31(24-29)46-20-6-10-38(46)50/h5,8-9,12-17,24-25,27-28,37,40,49H,6-7,10-11,18-23,26H2,1-4H3/t28-,37+,40-,42+/m1/s1. The molecule has 8 rings (SSSR count). The fraction of sp³-hybridized carbons (Fsp3) is 0.452. The maximum absolute atomic E-state index is 15.5. The molecule has 3 fully saturated rings. The van der Waals surface area contributed by atoms with Gasteiger partial charge in [0.1, 0.15) is 5.75 Å². The van der Waals surface area contributed by atoms with Crippen LogP contribution in [0.4, 0.5) is 17.1 Å². The van der Waals surface area contributed by atoms with Crippen LogP contribution in [0.3, 0.4) is 0 Å². The first-order valence-corrected chi connectivity index (χ1v) is 22.6. The van der Waals surface area contributed by atoms with Crippen molar-refractivity contribution in [3.05, 3.63) is 89.7 Å². The number of hydrogen-bond donors (Lipinski definition) is 1. The minimum Gasteiger partial charge on any atom is -0.497 e. The van der Waals surface area contributed by atoms with Crippen molar-refractivity contribution in [3.63, 3.8) is 0 Å². The number of benzene rings is 3. The molecule has 0 radical (unpaired) electrons. The number of aliphatic hydroxyl groups excluding tert-OH is 1. The highest BCUT2D eigenvalue weighted by molar-refractivity contribution is 6.91. The van der Waals surface area contributed by atoms with Gasteiger partial charge in [0.25, 0.3) is 5.91 Å². The Morgan fingerprint density at radius 3 is 2.31 bits per heavy atom. The van der Waals surface area contributed by atoms with Gasteiger partial charge in [-0.15, -0.1) is 5.10 Å². The number of rotatable bonds is 12. The molecule has 0 unspecified atom stereocenters. The number of aromatic nitrogens is 3. The largest absolute Gasteiger partial charge is 0.497 e. The summed E-state index contributed by atoms with van der Waals surface area (Å²) in [6, 6.07) is 22.2. The van der Waals surface area contributed by atoms with E-state index in [1.54, 1.807) is 11.8 Å². The summed E-state index contributed by atoms with van der Waals surface area (Å²) < 4.78 is 14.7. The lowest BCUT2D eigenvalue weighted by Crippen LogP contribution is -2.51. The summed E-state index contributed by atoms with van der Waals surface area (Å²) in [6.45, 7) is 9.07. The van der Waals surface area contributed by atoms with Crippen molar-refractivity contribution >= 4 is 48.0 Å². The Kier molecular flexibility index (Phi) is 9.89. The Labute approximate surface area is 323 Å². The predicted octanol–water partition coefficient (Wildman–Crippen LogP) is 4.93. The molecular formula is C42H50N6O6Si. The van der Waals surface area contributed by atoms with Crippen LogP contribution in [0.5, 0.6) is 5.75 Å². The van der Waals surface area contributed by atoms with E-state index in [2.05, 4.69) is 42.5 Å². The Morgan fingerprint density at radius 2 is 1.65 bits per heavy atom. The molecule has 4 atom stereocenters. The molecule has 3 aromatic carbocycles. The van der Waals surface area contributed by atoms with Gasteiger partial charge in [0.15, 0.2) is 5.60 Å². The lowest BCUT2D eigenvalue weighted by atomic mass is 9.82. The number of amides is 3. The van der Waals surface area contributed by atoms with Crippen LogP contribution in [0.25, 0.3) is 0 Å². The van der Waals surface area contributed by atoms with E-state index in [1.807, 2.05) is 75.5 Å². The van der Waals surface area contributed by atoms with Gasteiger partial charge in [-0.1, -0.05) is 54.7 Å². The molecule has 4 aliphatic rings. The molecule has 4 aliphatic heterocycles. The lowest BCUT2D eigenvalue weighted by Gasteiger charge is -2.37. The second-order valence-electron chi connectivity index (χ2n) is 16.0. The molecule has 1 aromatic heterocycles. The average Bonchev–Trinajstić information content (AvgIpc) is 4.02. The van der Waals surface area contributed by atoms with Crippen molar-refractivity contribution in [2.75, 3.05) is 41.5 Å². The number of anilines is 3. The minimum absolute atomic E-state index is 0.00209. The van der Waals surface area contributed by atoms with Crippen LogP contribution in [0.2, 0.25) is 18.6 Å². The van der Waals surface area contributed by atoms with Crippen molar-refractivity contribution in [3.8, 4) is 5.75 Å². The molecule has 5 heterocycles. The van der Waals surface area contributed by atoms with Gasteiger partial charge < -0.3 is 29.3 Å². The second kappa shape index (κ2) is 14.7. The third kappa shape index (κ3) is 6.45. The van der Waals surface area contributed by atoms with Crippen molar-refractivity contribution in [1.82, 2.24) is 15.0 Å². The molecule has 0 aliphatic carbocycles. The number of aliphatic hydroxyl groups is 1. The summed E-state index contributed by atoms with van der Waals surface area (Å²) in [5.74, 6) is 0.657. The monoisotopic (exact) mass is 762 g/mol. The molecule has 0 bridgehead atoms. The molecule has 3 saturated heterocycles. The molecule has 55 heavy (non-hydrogen) atoms. The molecular weight excluding hydrogens is 713 g/mol. The van der Waals surface area contributed by atoms with Gasteiger partial charge in [-0.3, -0.25) is 19.1 Å². The third-order valence-electron chi connectivity index (χ3n) is 12.4. The van der Waals surface area contributed by atoms with E-state index in [0.717, 1.165) is 52.5 Å². The minimum atomic E-state index is -2.41. The zero-order valence-corrected chi connectivity index (χ0v) is 33.1. The van der Waals surface area contributed by atoms with Gasteiger partial charge >= 0.3 is 0 Å². The van der Waals surface area contributed by atoms with Crippen molar-refractivity contribution in [1.29, 1.82) is 0 Å².